The molecule has 2 rings (SSSR count). The summed E-state index contributed by atoms with van der Waals surface area (Å²) in [4.78, 5) is 2.36. The zero-order chi connectivity index (χ0) is 15.1. The molecule has 0 amide bonds. The summed E-state index contributed by atoms with van der Waals surface area (Å²) >= 11 is 0. The van der Waals surface area contributed by atoms with Gasteiger partial charge >= 0.3 is 0 Å². The van der Waals surface area contributed by atoms with Crippen molar-refractivity contribution < 1.29 is 9.47 Å². The molecule has 4 heteroatoms. The standard InChI is InChI=1S/C17H28N2O2/c1-4-9-18-16-13-21-12-15(16)11-19(2)10-14-7-5-6-8-17(14)20-3/h5-8,15-16,18H,4,9-13H2,1-3H3. The molecular formula is C17H28N2O2. The Bertz CT molecular complexity index is 425. The summed E-state index contributed by atoms with van der Waals surface area (Å²) in [6, 6.07) is 8.72. The number of para-hydroxylation sites is 1. The van der Waals surface area contributed by atoms with Gasteiger partial charge in [0.25, 0.3) is 0 Å². The number of nitrogens with zero attached hydrogens (tertiary/aromatic N) is 1. The van der Waals surface area contributed by atoms with E-state index in [0.29, 0.717) is 12.0 Å². The first kappa shape index (κ1) is 16.3. The van der Waals surface area contributed by atoms with E-state index in [0.717, 1.165) is 38.6 Å². The van der Waals surface area contributed by atoms with Gasteiger partial charge in [-0.1, -0.05) is 25.1 Å². The van der Waals surface area contributed by atoms with Crippen LogP contribution in [0.4, 0.5) is 0 Å². The summed E-state index contributed by atoms with van der Waals surface area (Å²) in [6.45, 7) is 6.91. The van der Waals surface area contributed by atoms with Gasteiger partial charge in [-0.3, -0.25) is 0 Å². The second-order valence-corrected chi connectivity index (χ2v) is 5.87. The Morgan fingerprint density at radius 1 is 1.33 bits per heavy atom. The van der Waals surface area contributed by atoms with Crippen molar-refractivity contribution in [1.29, 1.82) is 0 Å². The molecule has 0 aromatic heterocycles. The molecular weight excluding hydrogens is 264 g/mol. The maximum absolute atomic E-state index is 5.65. The first-order valence-corrected chi connectivity index (χ1v) is 7.86. The quantitative estimate of drug-likeness (QED) is 0.796. The molecule has 4 nitrogen and oxygen atoms in total. The molecule has 118 valence electrons. The van der Waals surface area contributed by atoms with E-state index in [4.69, 9.17) is 9.47 Å². The Labute approximate surface area is 128 Å². The van der Waals surface area contributed by atoms with Gasteiger partial charge in [0.1, 0.15) is 5.75 Å². The lowest BCUT2D eigenvalue weighted by Gasteiger charge is -2.25. The number of ether oxygens (including phenoxy) is 2. The molecule has 1 heterocycles. The van der Waals surface area contributed by atoms with Gasteiger partial charge in [-0.2, -0.15) is 0 Å². The van der Waals surface area contributed by atoms with E-state index in [1.165, 1.54) is 12.0 Å². The van der Waals surface area contributed by atoms with E-state index in [1.54, 1.807) is 7.11 Å². The van der Waals surface area contributed by atoms with Gasteiger partial charge in [0.05, 0.1) is 20.3 Å². The third-order valence-corrected chi connectivity index (χ3v) is 4.03. The van der Waals surface area contributed by atoms with E-state index in [-0.39, 0.29) is 0 Å². The Balaban J connectivity index is 1.87. The van der Waals surface area contributed by atoms with Crippen LogP contribution >= 0.6 is 0 Å². The molecule has 0 radical (unpaired) electrons. The van der Waals surface area contributed by atoms with Crippen LogP contribution in [0.5, 0.6) is 5.75 Å². The molecule has 1 saturated heterocycles. The van der Waals surface area contributed by atoms with Crippen LogP contribution < -0.4 is 10.1 Å². The third kappa shape index (κ3) is 4.70. The number of rotatable bonds is 8. The molecule has 1 aromatic rings. The number of benzene rings is 1. The van der Waals surface area contributed by atoms with E-state index >= 15 is 0 Å². The molecule has 1 fully saturated rings. The van der Waals surface area contributed by atoms with Crippen molar-refractivity contribution in [3.05, 3.63) is 29.8 Å². The zero-order valence-corrected chi connectivity index (χ0v) is 13.5. The molecule has 1 aliphatic heterocycles. The van der Waals surface area contributed by atoms with Crippen molar-refractivity contribution in [2.45, 2.75) is 25.9 Å². The van der Waals surface area contributed by atoms with Crippen molar-refractivity contribution in [1.82, 2.24) is 10.2 Å². The lowest BCUT2D eigenvalue weighted by Crippen LogP contribution is -2.41. The molecule has 2 atom stereocenters. The molecule has 0 saturated carbocycles. The zero-order valence-electron chi connectivity index (χ0n) is 13.5. The average Bonchev–Trinajstić information content (AvgIpc) is 2.92. The lowest BCUT2D eigenvalue weighted by molar-refractivity contribution is 0.172. The predicted octanol–water partition coefficient (Wildman–Crippen LogP) is 2.14. The maximum Gasteiger partial charge on any atom is 0.123 e. The summed E-state index contributed by atoms with van der Waals surface area (Å²) in [7, 11) is 3.90. The summed E-state index contributed by atoms with van der Waals surface area (Å²) in [5.74, 6) is 1.53. The average molecular weight is 292 g/mol. The molecule has 2 unspecified atom stereocenters. The molecule has 1 aliphatic rings. The normalized spacial score (nSPS) is 21.9. The van der Waals surface area contributed by atoms with Gasteiger partial charge in [0.2, 0.25) is 0 Å². The largest absolute Gasteiger partial charge is 0.496 e. The molecule has 0 spiro atoms. The van der Waals surface area contributed by atoms with Crippen molar-refractivity contribution >= 4 is 0 Å². The fraction of sp³-hybridized carbons (Fsp3) is 0.647. The monoisotopic (exact) mass is 292 g/mol. The highest BCUT2D eigenvalue weighted by Crippen LogP contribution is 2.21. The van der Waals surface area contributed by atoms with Crippen LogP contribution in [0.1, 0.15) is 18.9 Å². The highest BCUT2D eigenvalue weighted by Gasteiger charge is 2.28. The van der Waals surface area contributed by atoms with Crippen molar-refractivity contribution in [3.63, 3.8) is 0 Å². The predicted molar refractivity (Wildman–Crippen MR) is 85.7 cm³/mol. The van der Waals surface area contributed by atoms with Gasteiger partial charge in [0, 0.05) is 30.6 Å². The molecule has 21 heavy (non-hydrogen) atoms. The fourth-order valence-electron chi connectivity index (χ4n) is 2.92. The number of methoxy groups -OCH3 is 1. The Kier molecular flexibility index (Phi) is 6.49. The van der Waals surface area contributed by atoms with E-state index in [2.05, 4.69) is 36.3 Å². The highest BCUT2D eigenvalue weighted by atomic mass is 16.5. The van der Waals surface area contributed by atoms with Gasteiger partial charge in [0.15, 0.2) is 0 Å². The smallest absolute Gasteiger partial charge is 0.123 e. The van der Waals surface area contributed by atoms with Gasteiger partial charge in [-0.05, 0) is 26.1 Å². The second kappa shape index (κ2) is 8.37. The molecule has 1 aromatic carbocycles. The second-order valence-electron chi connectivity index (χ2n) is 5.87. The molecule has 1 N–H and O–H groups in total. The number of hydrogen-bond donors (Lipinski definition) is 1. The lowest BCUT2D eigenvalue weighted by atomic mass is 10.0. The first-order chi connectivity index (χ1) is 10.2. The Morgan fingerprint density at radius 2 is 2.14 bits per heavy atom. The summed E-state index contributed by atoms with van der Waals surface area (Å²) in [6.07, 6.45) is 1.17. The van der Waals surface area contributed by atoms with Crippen LogP contribution in [0.2, 0.25) is 0 Å². The van der Waals surface area contributed by atoms with Crippen LogP contribution in [-0.2, 0) is 11.3 Å². The number of hydrogen-bond acceptors (Lipinski definition) is 4. The van der Waals surface area contributed by atoms with Gasteiger partial charge < -0.3 is 19.7 Å². The van der Waals surface area contributed by atoms with Crippen molar-refractivity contribution in [2.24, 2.45) is 5.92 Å². The van der Waals surface area contributed by atoms with E-state index < -0.39 is 0 Å². The number of nitrogens with one attached hydrogen (secondary N) is 1. The molecule has 0 aliphatic carbocycles. The summed E-state index contributed by atoms with van der Waals surface area (Å²) < 4.78 is 11.1. The highest BCUT2D eigenvalue weighted by molar-refractivity contribution is 5.33. The minimum absolute atomic E-state index is 0.491. The van der Waals surface area contributed by atoms with Crippen LogP contribution in [0.3, 0.4) is 0 Å². The third-order valence-electron chi connectivity index (χ3n) is 4.03. The minimum atomic E-state index is 0.491. The summed E-state index contributed by atoms with van der Waals surface area (Å²) in [5, 5.41) is 3.60. The van der Waals surface area contributed by atoms with E-state index in [1.807, 2.05) is 12.1 Å². The van der Waals surface area contributed by atoms with Crippen LogP contribution in [0.25, 0.3) is 0 Å². The SMILES string of the molecule is CCCNC1COCC1CN(C)Cc1ccccc1OC. The Hall–Kier alpha value is -1.10. The minimum Gasteiger partial charge on any atom is -0.496 e. The van der Waals surface area contributed by atoms with Crippen molar-refractivity contribution in [3.8, 4) is 5.75 Å². The van der Waals surface area contributed by atoms with E-state index in [9.17, 15) is 0 Å². The van der Waals surface area contributed by atoms with Gasteiger partial charge in [-0.25, -0.2) is 0 Å². The van der Waals surface area contributed by atoms with Crippen molar-refractivity contribution in [2.75, 3.05) is 40.5 Å². The Morgan fingerprint density at radius 3 is 2.90 bits per heavy atom. The van der Waals surface area contributed by atoms with Crippen LogP contribution in [0.15, 0.2) is 24.3 Å². The maximum atomic E-state index is 5.65. The van der Waals surface area contributed by atoms with Crippen LogP contribution in [-0.4, -0.2) is 51.4 Å². The van der Waals surface area contributed by atoms with Crippen LogP contribution in [0, 0.1) is 5.92 Å². The molecule has 0 bridgehead atoms. The van der Waals surface area contributed by atoms with Gasteiger partial charge in [-0.15, -0.1) is 0 Å². The fourth-order valence-corrected chi connectivity index (χ4v) is 2.92. The first-order valence-electron chi connectivity index (χ1n) is 7.86. The summed E-state index contributed by atoms with van der Waals surface area (Å²) in [5.41, 5.74) is 1.24. The topological polar surface area (TPSA) is 33.7 Å².